The van der Waals surface area contributed by atoms with E-state index >= 15 is 0 Å². The molecule has 0 unspecified atom stereocenters. The second kappa shape index (κ2) is 4.33. The van der Waals surface area contributed by atoms with Crippen LogP contribution in [-0.2, 0) is 6.54 Å². The lowest BCUT2D eigenvalue weighted by atomic mass is 10.1. The van der Waals surface area contributed by atoms with E-state index in [0.717, 1.165) is 10.0 Å². The molecule has 0 aliphatic heterocycles. The maximum Gasteiger partial charge on any atom is 0.129 e. The highest BCUT2D eigenvalue weighted by molar-refractivity contribution is 9.10. The number of phenols is 1. The van der Waals surface area contributed by atoms with Crippen LogP contribution in [-0.4, -0.2) is 20.1 Å². The molecule has 1 heterocycles. The van der Waals surface area contributed by atoms with Crippen molar-refractivity contribution in [3.63, 3.8) is 0 Å². The number of phenolic OH excluding ortho intramolecular Hbond substituents is 1. The Morgan fingerprint density at radius 1 is 1.44 bits per heavy atom. The van der Waals surface area contributed by atoms with E-state index in [1.807, 2.05) is 12.1 Å². The van der Waals surface area contributed by atoms with Gasteiger partial charge in [-0.25, -0.2) is 4.68 Å². The van der Waals surface area contributed by atoms with Crippen LogP contribution in [0.15, 0.2) is 28.9 Å². The molecule has 16 heavy (non-hydrogen) atoms. The SMILES string of the molecule is N#CCn1cc(-c2cc(O)cc(Br)c2)nn1. The van der Waals surface area contributed by atoms with Crippen LogP contribution in [0, 0.1) is 11.3 Å². The lowest BCUT2D eigenvalue weighted by Gasteiger charge is -1.98. The summed E-state index contributed by atoms with van der Waals surface area (Å²) < 4.78 is 2.20. The van der Waals surface area contributed by atoms with Crippen LogP contribution in [0.2, 0.25) is 0 Å². The first-order chi connectivity index (χ1) is 7.69. The first kappa shape index (κ1) is 10.6. The van der Waals surface area contributed by atoms with Crippen molar-refractivity contribution in [2.24, 2.45) is 0 Å². The fourth-order valence-electron chi connectivity index (χ4n) is 1.30. The third kappa shape index (κ3) is 2.20. The van der Waals surface area contributed by atoms with Gasteiger partial charge in [0.2, 0.25) is 0 Å². The highest BCUT2D eigenvalue weighted by Crippen LogP contribution is 2.26. The molecule has 0 saturated carbocycles. The van der Waals surface area contributed by atoms with E-state index in [-0.39, 0.29) is 12.3 Å². The summed E-state index contributed by atoms with van der Waals surface area (Å²) in [6.45, 7) is 0.160. The summed E-state index contributed by atoms with van der Waals surface area (Å²) in [6.07, 6.45) is 1.66. The van der Waals surface area contributed by atoms with Gasteiger partial charge in [-0.1, -0.05) is 21.1 Å². The van der Waals surface area contributed by atoms with E-state index in [4.69, 9.17) is 5.26 Å². The van der Waals surface area contributed by atoms with Gasteiger partial charge in [0.1, 0.15) is 18.0 Å². The van der Waals surface area contributed by atoms with E-state index in [1.54, 1.807) is 18.3 Å². The quantitative estimate of drug-likeness (QED) is 0.911. The summed E-state index contributed by atoms with van der Waals surface area (Å²) in [4.78, 5) is 0. The van der Waals surface area contributed by atoms with Crippen molar-refractivity contribution in [2.75, 3.05) is 0 Å². The monoisotopic (exact) mass is 278 g/mol. The molecule has 1 aromatic heterocycles. The highest BCUT2D eigenvalue weighted by atomic mass is 79.9. The molecule has 6 heteroatoms. The van der Waals surface area contributed by atoms with Crippen molar-refractivity contribution in [2.45, 2.75) is 6.54 Å². The fraction of sp³-hybridized carbons (Fsp3) is 0.100. The Bertz CT molecular complexity index is 538. The molecule has 1 N–H and O–H groups in total. The van der Waals surface area contributed by atoms with Crippen LogP contribution in [0.4, 0.5) is 0 Å². The molecule has 0 spiro atoms. The maximum atomic E-state index is 9.43. The minimum absolute atomic E-state index is 0.152. The predicted molar refractivity (Wildman–Crippen MR) is 60.4 cm³/mol. The number of aromatic nitrogens is 3. The Morgan fingerprint density at radius 2 is 2.25 bits per heavy atom. The van der Waals surface area contributed by atoms with Crippen molar-refractivity contribution in [1.29, 1.82) is 5.26 Å². The number of rotatable bonds is 2. The molecule has 2 aromatic rings. The van der Waals surface area contributed by atoms with Crippen LogP contribution in [0.25, 0.3) is 11.3 Å². The number of benzene rings is 1. The lowest BCUT2D eigenvalue weighted by molar-refractivity contribution is 0.475. The van der Waals surface area contributed by atoms with E-state index in [1.165, 1.54) is 4.68 Å². The van der Waals surface area contributed by atoms with Gasteiger partial charge in [0.25, 0.3) is 0 Å². The third-order valence-electron chi connectivity index (χ3n) is 1.95. The minimum atomic E-state index is 0.152. The molecule has 5 nitrogen and oxygen atoms in total. The summed E-state index contributed by atoms with van der Waals surface area (Å²) in [5, 5.41) is 25.6. The van der Waals surface area contributed by atoms with Crippen LogP contribution >= 0.6 is 15.9 Å². The van der Waals surface area contributed by atoms with Gasteiger partial charge in [0, 0.05) is 10.0 Å². The normalized spacial score (nSPS) is 10.0. The fourth-order valence-corrected chi connectivity index (χ4v) is 1.78. The molecule has 0 saturated heterocycles. The lowest BCUT2D eigenvalue weighted by Crippen LogP contribution is -1.94. The smallest absolute Gasteiger partial charge is 0.129 e. The summed E-state index contributed by atoms with van der Waals surface area (Å²) in [5.41, 5.74) is 1.36. The molecular formula is C10H7BrN4O. The van der Waals surface area contributed by atoms with Crippen molar-refractivity contribution < 1.29 is 5.11 Å². The van der Waals surface area contributed by atoms with Crippen LogP contribution in [0.5, 0.6) is 5.75 Å². The minimum Gasteiger partial charge on any atom is -0.508 e. The summed E-state index contributed by atoms with van der Waals surface area (Å²) in [6, 6.07) is 6.97. The number of nitrogens with zero attached hydrogens (tertiary/aromatic N) is 4. The number of nitriles is 1. The van der Waals surface area contributed by atoms with Crippen LogP contribution in [0.1, 0.15) is 0 Å². The summed E-state index contributed by atoms with van der Waals surface area (Å²) in [5.74, 6) is 0.152. The number of hydrogen-bond donors (Lipinski definition) is 1. The second-order valence-corrected chi connectivity index (χ2v) is 4.07. The van der Waals surface area contributed by atoms with Gasteiger partial charge in [-0.2, -0.15) is 5.26 Å². The maximum absolute atomic E-state index is 9.43. The molecule has 0 bridgehead atoms. The van der Waals surface area contributed by atoms with E-state index in [9.17, 15) is 5.11 Å². The molecule has 0 radical (unpaired) electrons. The molecule has 0 atom stereocenters. The average molecular weight is 279 g/mol. The van der Waals surface area contributed by atoms with Gasteiger partial charge < -0.3 is 5.11 Å². The zero-order valence-corrected chi connectivity index (χ0v) is 9.72. The topological polar surface area (TPSA) is 74.7 Å². The Labute approximate surface area is 100 Å². The van der Waals surface area contributed by atoms with Crippen LogP contribution < -0.4 is 0 Å². The average Bonchev–Trinajstić information content (AvgIpc) is 2.65. The first-order valence-electron chi connectivity index (χ1n) is 4.46. The largest absolute Gasteiger partial charge is 0.508 e. The van der Waals surface area contributed by atoms with Crippen molar-refractivity contribution in [3.05, 3.63) is 28.9 Å². The number of hydrogen-bond acceptors (Lipinski definition) is 4. The second-order valence-electron chi connectivity index (χ2n) is 3.16. The standard InChI is InChI=1S/C10H7BrN4O/c11-8-3-7(4-9(16)5-8)10-6-15(2-1-12)14-13-10/h3-6,16H,2H2. The van der Waals surface area contributed by atoms with Gasteiger partial charge in [-0.3, -0.25) is 0 Å². The third-order valence-corrected chi connectivity index (χ3v) is 2.41. The predicted octanol–water partition coefficient (Wildman–Crippen LogP) is 1.94. The van der Waals surface area contributed by atoms with Crippen molar-refractivity contribution in [3.8, 4) is 23.1 Å². The van der Waals surface area contributed by atoms with Gasteiger partial charge in [-0.05, 0) is 18.2 Å². The summed E-state index contributed by atoms with van der Waals surface area (Å²) >= 11 is 3.28. The molecule has 0 amide bonds. The Morgan fingerprint density at radius 3 is 2.94 bits per heavy atom. The molecule has 0 aliphatic rings. The van der Waals surface area contributed by atoms with Crippen molar-refractivity contribution >= 4 is 15.9 Å². The van der Waals surface area contributed by atoms with E-state index in [2.05, 4.69) is 26.2 Å². The molecule has 0 aliphatic carbocycles. The van der Waals surface area contributed by atoms with Crippen molar-refractivity contribution in [1.82, 2.24) is 15.0 Å². The van der Waals surface area contributed by atoms with Gasteiger partial charge in [-0.15, -0.1) is 5.10 Å². The highest BCUT2D eigenvalue weighted by Gasteiger charge is 2.05. The first-order valence-corrected chi connectivity index (χ1v) is 5.25. The van der Waals surface area contributed by atoms with Crippen LogP contribution in [0.3, 0.4) is 0 Å². The molecule has 80 valence electrons. The van der Waals surface area contributed by atoms with E-state index in [0.29, 0.717) is 5.69 Å². The Hall–Kier alpha value is -1.87. The number of halogens is 1. The molecule has 0 fully saturated rings. The Kier molecular flexibility index (Phi) is 2.88. The molecular weight excluding hydrogens is 272 g/mol. The molecule has 2 rings (SSSR count). The number of aromatic hydroxyl groups is 1. The zero-order valence-electron chi connectivity index (χ0n) is 8.13. The van der Waals surface area contributed by atoms with Gasteiger partial charge >= 0.3 is 0 Å². The van der Waals surface area contributed by atoms with Gasteiger partial charge in [0.15, 0.2) is 0 Å². The molecule has 1 aromatic carbocycles. The summed E-state index contributed by atoms with van der Waals surface area (Å²) in [7, 11) is 0. The van der Waals surface area contributed by atoms with E-state index < -0.39 is 0 Å². The Balaban J connectivity index is 2.39. The van der Waals surface area contributed by atoms with Gasteiger partial charge in [0.05, 0.1) is 12.3 Å². The zero-order chi connectivity index (χ0) is 11.5.